The molecule has 0 aliphatic rings. The van der Waals surface area contributed by atoms with E-state index in [2.05, 4.69) is 5.32 Å². The molecule has 3 nitrogen and oxygen atoms in total. The van der Waals surface area contributed by atoms with E-state index < -0.39 is 0 Å². The van der Waals surface area contributed by atoms with Gasteiger partial charge in [-0.05, 0) is 37.6 Å². The summed E-state index contributed by atoms with van der Waals surface area (Å²) in [5.41, 5.74) is 6.16. The summed E-state index contributed by atoms with van der Waals surface area (Å²) in [6.45, 7) is 4.16. The van der Waals surface area contributed by atoms with Gasteiger partial charge in [0, 0.05) is 5.92 Å². The molecule has 0 aromatic heterocycles. The zero-order chi connectivity index (χ0) is 12.8. The lowest BCUT2D eigenvalue weighted by molar-refractivity contribution is -0.125. The Morgan fingerprint density at radius 3 is 2.76 bits per heavy atom. The fourth-order valence-electron chi connectivity index (χ4n) is 1.60. The van der Waals surface area contributed by atoms with Gasteiger partial charge in [0.1, 0.15) is 5.82 Å². The third-order valence-electron chi connectivity index (χ3n) is 2.75. The molecule has 0 fully saturated rings. The molecule has 0 aliphatic carbocycles. The van der Waals surface area contributed by atoms with E-state index in [1.54, 1.807) is 12.1 Å². The predicted octanol–water partition coefficient (Wildman–Crippen LogP) is 1.99. The Kier molecular flexibility index (Phi) is 5.10. The molecule has 0 heterocycles. The summed E-state index contributed by atoms with van der Waals surface area (Å²) in [5, 5.41) is 2.85. The van der Waals surface area contributed by atoms with Crippen molar-refractivity contribution in [1.82, 2.24) is 5.32 Å². The van der Waals surface area contributed by atoms with Gasteiger partial charge in [0.05, 0.1) is 6.04 Å². The van der Waals surface area contributed by atoms with Crippen LogP contribution >= 0.6 is 0 Å². The number of hydrogen-bond donors (Lipinski definition) is 2. The number of carbonyl (C=O) groups excluding carboxylic acids is 1. The fourth-order valence-corrected chi connectivity index (χ4v) is 1.60. The van der Waals surface area contributed by atoms with Crippen LogP contribution in [0.3, 0.4) is 0 Å². The van der Waals surface area contributed by atoms with Gasteiger partial charge in [0.2, 0.25) is 5.91 Å². The summed E-state index contributed by atoms with van der Waals surface area (Å²) in [6.07, 6.45) is 0.654. The predicted molar refractivity (Wildman–Crippen MR) is 65.8 cm³/mol. The first-order valence-corrected chi connectivity index (χ1v) is 5.80. The van der Waals surface area contributed by atoms with Gasteiger partial charge in [-0.25, -0.2) is 4.39 Å². The van der Waals surface area contributed by atoms with E-state index in [-0.39, 0.29) is 23.7 Å². The Morgan fingerprint density at radius 1 is 1.47 bits per heavy atom. The third-order valence-corrected chi connectivity index (χ3v) is 2.75. The van der Waals surface area contributed by atoms with E-state index in [9.17, 15) is 9.18 Å². The molecule has 3 N–H and O–H groups in total. The highest BCUT2D eigenvalue weighted by Gasteiger charge is 2.15. The largest absolute Gasteiger partial charge is 0.349 e. The standard InChI is InChI=1S/C13H19FN2O/c1-9(6-7-15)13(17)16-10(2)11-4-3-5-12(14)8-11/h3-5,8-10H,6-7,15H2,1-2H3,(H,16,17)/t9?,10-/m1/s1. The molecule has 17 heavy (non-hydrogen) atoms. The fraction of sp³-hybridized carbons (Fsp3) is 0.462. The molecular weight excluding hydrogens is 219 g/mol. The first-order chi connectivity index (χ1) is 8.04. The maximum atomic E-state index is 13.0. The summed E-state index contributed by atoms with van der Waals surface area (Å²) >= 11 is 0. The van der Waals surface area contributed by atoms with E-state index in [0.717, 1.165) is 5.56 Å². The smallest absolute Gasteiger partial charge is 0.223 e. The number of nitrogens with two attached hydrogens (primary N) is 1. The number of carbonyl (C=O) groups is 1. The molecule has 0 radical (unpaired) electrons. The van der Waals surface area contributed by atoms with Gasteiger partial charge < -0.3 is 11.1 Å². The van der Waals surface area contributed by atoms with E-state index in [1.807, 2.05) is 13.8 Å². The van der Waals surface area contributed by atoms with E-state index in [1.165, 1.54) is 12.1 Å². The lowest BCUT2D eigenvalue weighted by Gasteiger charge is -2.17. The minimum Gasteiger partial charge on any atom is -0.349 e. The van der Waals surface area contributed by atoms with Crippen LogP contribution in [0, 0.1) is 11.7 Å². The molecule has 0 aliphatic heterocycles. The third kappa shape index (κ3) is 4.15. The summed E-state index contributed by atoms with van der Waals surface area (Å²) in [5.74, 6) is -0.457. The average Bonchev–Trinajstić information content (AvgIpc) is 2.29. The molecule has 1 aromatic rings. The van der Waals surface area contributed by atoms with Gasteiger partial charge in [-0.15, -0.1) is 0 Å². The van der Waals surface area contributed by atoms with Gasteiger partial charge in [0.15, 0.2) is 0 Å². The lowest BCUT2D eigenvalue weighted by Crippen LogP contribution is -2.32. The van der Waals surface area contributed by atoms with E-state index in [4.69, 9.17) is 5.73 Å². The molecule has 1 unspecified atom stereocenters. The van der Waals surface area contributed by atoms with Gasteiger partial charge in [-0.1, -0.05) is 19.1 Å². The Morgan fingerprint density at radius 2 is 2.18 bits per heavy atom. The number of amides is 1. The molecule has 0 bridgehead atoms. The lowest BCUT2D eigenvalue weighted by atomic mass is 10.0. The molecule has 2 atom stereocenters. The van der Waals surface area contributed by atoms with Crippen molar-refractivity contribution in [2.24, 2.45) is 11.7 Å². The molecule has 0 saturated heterocycles. The number of rotatable bonds is 5. The molecular formula is C13H19FN2O. The zero-order valence-corrected chi connectivity index (χ0v) is 10.2. The van der Waals surface area contributed by atoms with Crippen LogP contribution < -0.4 is 11.1 Å². The summed E-state index contributed by atoms with van der Waals surface area (Å²) in [6, 6.07) is 6.05. The van der Waals surface area contributed by atoms with Crippen LogP contribution in [-0.4, -0.2) is 12.5 Å². The molecule has 1 rings (SSSR count). The molecule has 94 valence electrons. The van der Waals surface area contributed by atoms with Crippen LogP contribution in [0.2, 0.25) is 0 Å². The normalized spacial score (nSPS) is 14.1. The maximum Gasteiger partial charge on any atom is 0.223 e. The second-order valence-corrected chi connectivity index (χ2v) is 4.26. The molecule has 1 amide bonds. The number of nitrogens with one attached hydrogen (secondary N) is 1. The van der Waals surface area contributed by atoms with Crippen molar-refractivity contribution >= 4 is 5.91 Å². The Labute approximate surface area is 101 Å². The highest BCUT2D eigenvalue weighted by Crippen LogP contribution is 2.14. The monoisotopic (exact) mass is 238 g/mol. The van der Waals surface area contributed by atoms with E-state index in [0.29, 0.717) is 13.0 Å². The number of halogens is 1. The average molecular weight is 238 g/mol. The van der Waals surface area contributed by atoms with Crippen LogP contribution in [-0.2, 0) is 4.79 Å². The Hall–Kier alpha value is -1.42. The van der Waals surface area contributed by atoms with E-state index >= 15 is 0 Å². The SMILES string of the molecule is CC(CCN)C(=O)N[C@H](C)c1cccc(F)c1. The highest BCUT2D eigenvalue weighted by atomic mass is 19.1. The molecule has 0 spiro atoms. The van der Waals surface area contributed by atoms with Gasteiger partial charge >= 0.3 is 0 Å². The minimum atomic E-state index is -0.293. The van der Waals surface area contributed by atoms with Gasteiger partial charge in [-0.3, -0.25) is 4.79 Å². The van der Waals surface area contributed by atoms with Crippen LogP contribution in [0.1, 0.15) is 31.9 Å². The molecule has 1 aromatic carbocycles. The topological polar surface area (TPSA) is 55.1 Å². The van der Waals surface area contributed by atoms with Crippen LogP contribution in [0.5, 0.6) is 0 Å². The second-order valence-electron chi connectivity index (χ2n) is 4.26. The second kappa shape index (κ2) is 6.35. The number of hydrogen-bond acceptors (Lipinski definition) is 2. The molecule has 0 saturated carbocycles. The van der Waals surface area contributed by atoms with Crippen molar-refractivity contribution in [3.8, 4) is 0 Å². The zero-order valence-electron chi connectivity index (χ0n) is 10.2. The summed E-state index contributed by atoms with van der Waals surface area (Å²) in [7, 11) is 0. The molecule has 4 heteroatoms. The van der Waals surface area contributed by atoms with Crippen LogP contribution in [0.25, 0.3) is 0 Å². The van der Waals surface area contributed by atoms with Gasteiger partial charge in [-0.2, -0.15) is 0 Å². The highest BCUT2D eigenvalue weighted by molar-refractivity contribution is 5.78. The van der Waals surface area contributed by atoms with Crippen molar-refractivity contribution in [1.29, 1.82) is 0 Å². The summed E-state index contributed by atoms with van der Waals surface area (Å²) in [4.78, 5) is 11.7. The summed E-state index contributed by atoms with van der Waals surface area (Å²) < 4.78 is 13.0. The quantitative estimate of drug-likeness (QED) is 0.824. The van der Waals surface area contributed by atoms with Crippen molar-refractivity contribution in [2.75, 3.05) is 6.54 Å². The Balaban J connectivity index is 2.60. The van der Waals surface area contributed by atoms with Crippen LogP contribution in [0.4, 0.5) is 4.39 Å². The van der Waals surface area contributed by atoms with Crippen molar-refractivity contribution in [2.45, 2.75) is 26.3 Å². The maximum absolute atomic E-state index is 13.0. The van der Waals surface area contributed by atoms with Crippen molar-refractivity contribution in [3.63, 3.8) is 0 Å². The van der Waals surface area contributed by atoms with Crippen molar-refractivity contribution < 1.29 is 9.18 Å². The minimum absolute atomic E-state index is 0.0489. The number of benzene rings is 1. The first-order valence-electron chi connectivity index (χ1n) is 5.80. The van der Waals surface area contributed by atoms with Gasteiger partial charge in [0.25, 0.3) is 0 Å². The van der Waals surface area contributed by atoms with Crippen molar-refractivity contribution in [3.05, 3.63) is 35.6 Å². The first kappa shape index (κ1) is 13.6. The van der Waals surface area contributed by atoms with Crippen LogP contribution in [0.15, 0.2) is 24.3 Å². The Bertz CT molecular complexity index is 381.